The molecule has 0 fully saturated rings. The predicted octanol–water partition coefficient (Wildman–Crippen LogP) is 3.01. The van der Waals surface area contributed by atoms with Gasteiger partial charge < -0.3 is 4.74 Å². The minimum Gasteiger partial charge on any atom is -0.434 e. The molecule has 3 rings (SSSR count). The van der Waals surface area contributed by atoms with Crippen LogP contribution in [0.2, 0.25) is 0 Å². The average molecular weight is 287 g/mol. The molecule has 0 atom stereocenters. The normalized spacial score (nSPS) is 10.4. The second-order valence-corrected chi connectivity index (χ2v) is 4.71. The molecular formula is C13H6FN3O2S. The molecule has 0 saturated heterocycles. The number of halogens is 1. The van der Waals surface area contributed by atoms with Crippen molar-refractivity contribution in [3.05, 3.63) is 46.9 Å². The second kappa shape index (κ2) is 4.75. The van der Waals surface area contributed by atoms with Crippen molar-refractivity contribution in [2.24, 2.45) is 0 Å². The fourth-order valence-electron chi connectivity index (χ4n) is 1.72. The molecule has 0 radical (unpaired) electrons. The van der Waals surface area contributed by atoms with E-state index in [-0.39, 0.29) is 22.9 Å². The van der Waals surface area contributed by atoms with E-state index in [4.69, 9.17) is 10.00 Å². The maximum atomic E-state index is 13.7. The van der Waals surface area contributed by atoms with Crippen molar-refractivity contribution in [1.82, 2.24) is 9.38 Å². The van der Waals surface area contributed by atoms with Crippen LogP contribution in [0, 0.1) is 17.1 Å². The molecule has 0 aliphatic rings. The number of hydrogen-bond donors (Lipinski definition) is 0. The molecule has 5 nitrogen and oxygen atoms in total. The minimum absolute atomic E-state index is 0.0375. The number of nitrogens with zero attached hydrogens (tertiary/aromatic N) is 3. The van der Waals surface area contributed by atoms with Gasteiger partial charge in [-0.25, -0.2) is 4.39 Å². The van der Waals surface area contributed by atoms with Crippen molar-refractivity contribution in [1.29, 1.82) is 5.26 Å². The Morgan fingerprint density at radius 3 is 3.05 bits per heavy atom. The van der Waals surface area contributed by atoms with Crippen LogP contribution in [0.25, 0.3) is 4.96 Å². The first-order valence-corrected chi connectivity index (χ1v) is 6.39. The summed E-state index contributed by atoms with van der Waals surface area (Å²) in [5, 5.41) is 10.5. The van der Waals surface area contributed by atoms with Crippen molar-refractivity contribution in [2.45, 2.75) is 0 Å². The molecule has 0 spiro atoms. The van der Waals surface area contributed by atoms with Gasteiger partial charge >= 0.3 is 0 Å². The number of hydrogen-bond acceptors (Lipinski definition) is 5. The van der Waals surface area contributed by atoms with Gasteiger partial charge in [-0.3, -0.25) is 9.20 Å². The third-order valence-corrected chi connectivity index (χ3v) is 3.40. The Labute approximate surface area is 116 Å². The predicted molar refractivity (Wildman–Crippen MR) is 69.6 cm³/mol. The number of aldehydes is 1. The van der Waals surface area contributed by atoms with E-state index in [2.05, 4.69) is 4.98 Å². The van der Waals surface area contributed by atoms with E-state index in [0.717, 1.165) is 6.07 Å². The Morgan fingerprint density at radius 2 is 2.35 bits per heavy atom. The molecule has 7 heteroatoms. The number of benzene rings is 1. The van der Waals surface area contributed by atoms with Crippen LogP contribution >= 0.6 is 11.3 Å². The van der Waals surface area contributed by atoms with Gasteiger partial charge in [-0.1, -0.05) is 0 Å². The molecule has 1 aromatic carbocycles. The number of rotatable bonds is 3. The number of fused-ring (bicyclic) bond motifs is 1. The molecular weight excluding hydrogens is 281 g/mol. The molecule has 20 heavy (non-hydrogen) atoms. The van der Waals surface area contributed by atoms with E-state index in [1.54, 1.807) is 16.0 Å². The highest BCUT2D eigenvalue weighted by atomic mass is 32.1. The highest BCUT2D eigenvalue weighted by Crippen LogP contribution is 2.28. The Hall–Kier alpha value is -2.72. The van der Waals surface area contributed by atoms with Crippen molar-refractivity contribution in [3.8, 4) is 17.7 Å². The van der Waals surface area contributed by atoms with E-state index in [1.165, 1.54) is 23.5 Å². The molecule has 2 aromatic heterocycles. The van der Waals surface area contributed by atoms with Crippen molar-refractivity contribution >= 4 is 22.6 Å². The summed E-state index contributed by atoms with van der Waals surface area (Å²) in [6.45, 7) is 0. The fraction of sp³-hybridized carbons (Fsp3) is 0. The lowest BCUT2D eigenvalue weighted by Gasteiger charge is -2.04. The molecule has 3 aromatic rings. The van der Waals surface area contributed by atoms with Crippen molar-refractivity contribution in [3.63, 3.8) is 0 Å². The Kier molecular flexibility index (Phi) is 2.93. The SMILES string of the molecule is N#Cc1ccc(Oc2nc3sccn3c2C=O)c(F)c1. The van der Waals surface area contributed by atoms with Gasteiger partial charge in [-0.15, -0.1) is 11.3 Å². The van der Waals surface area contributed by atoms with Crippen LogP contribution in [-0.2, 0) is 0 Å². The van der Waals surface area contributed by atoms with Crippen LogP contribution in [0.4, 0.5) is 4.39 Å². The topological polar surface area (TPSA) is 67.4 Å². The number of carbonyl (C=O) groups is 1. The summed E-state index contributed by atoms with van der Waals surface area (Å²) in [6.07, 6.45) is 2.28. The third-order valence-electron chi connectivity index (χ3n) is 2.64. The number of ether oxygens (including phenoxy) is 1. The van der Waals surface area contributed by atoms with Crippen molar-refractivity contribution in [2.75, 3.05) is 0 Å². The van der Waals surface area contributed by atoms with E-state index in [1.807, 2.05) is 6.07 Å². The summed E-state index contributed by atoms with van der Waals surface area (Å²) in [7, 11) is 0. The summed E-state index contributed by atoms with van der Waals surface area (Å²) in [5.74, 6) is -0.731. The van der Waals surface area contributed by atoms with Crippen LogP contribution in [0.3, 0.4) is 0 Å². The highest BCUT2D eigenvalue weighted by Gasteiger charge is 2.16. The first-order valence-electron chi connectivity index (χ1n) is 5.51. The zero-order chi connectivity index (χ0) is 14.1. The van der Waals surface area contributed by atoms with E-state index in [9.17, 15) is 9.18 Å². The van der Waals surface area contributed by atoms with Crippen LogP contribution in [-0.4, -0.2) is 15.7 Å². The van der Waals surface area contributed by atoms with Gasteiger partial charge in [0.15, 0.2) is 28.5 Å². The quantitative estimate of drug-likeness (QED) is 0.694. The van der Waals surface area contributed by atoms with Gasteiger partial charge in [0.1, 0.15) is 0 Å². The fourth-order valence-corrected chi connectivity index (χ4v) is 2.44. The van der Waals surface area contributed by atoms with Crippen LogP contribution in [0.5, 0.6) is 11.6 Å². The Bertz CT molecular complexity index is 847. The van der Waals surface area contributed by atoms with Gasteiger partial charge in [-0.2, -0.15) is 10.2 Å². The zero-order valence-electron chi connectivity index (χ0n) is 9.91. The molecule has 0 N–H and O–H groups in total. The monoisotopic (exact) mass is 287 g/mol. The lowest BCUT2D eigenvalue weighted by molar-refractivity contribution is 0.111. The number of thiazole rings is 1. The number of imidazole rings is 1. The largest absolute Gasteiger partial charge is 0.434 e. The average Bonchev–Trinajstić information content (AvgIpc) is 3.01. The lowest BCUT2D eigenvalue weighted by atomic mass is 10.2. The third kappa shape index (κ3) is 1.92. The van der Waals surface area contributed by atoms with Gasteiger partial charge in [0.05, 0.1) is 11.6 Å². The van der Waals surface area contributed by atoms with Crippen LogP contribution in [0.1, 0.15) is 16.1 Å². The molecule has 0 aliphatic carbocycles. The molecule has 0 saturated carbocycles. The minimum atomic E-state index is -0.683. The van der Waals surface area contributed by atoms with E-state index in [0.29, 0.717) is 11.2 Å². The number of carbonyl (C=O) groups excluding carboxylic acids is 1. The standard InChI is InChI=1S/C13H6FN3O2S/c14-9-5-8(6-15)1-2-11(9)19-12-10(7-18)17-3-4-20-13(17)16-12/h1-5,7H. The maximum Gasteiger partial charge on any atom is 0.250 e. The summed E-state index contributed by atoms with van der Waals surface area (Å²) < 4.78 is 20.6. The summed E-state index contributed by atoms with van der Waals surface area (Å²) in [5.41, 5.74) is 0.404. The first-order chi connectivity index (χ1) is 9.72. The van der Waals surface area contributed by atoms with Crippen LogP contribution < -0.4 is 4.74 Å². The smallest absolute Gasteiger partial charge is 0.250 e. The van der Waals surface area contributed by atoms with Crippen molar-refractivity contribution < 1.29 is 13.9 Å². The Morgan fingerprint density at radius 1 is 1.50 bits per heavy atom. The highest BCUT2D eigenvalue weighted by molar-refractivity contribution is 7.15. The molecule has 98 valence electrons. The van der Waals surface area contributed by atoms with E-state index >= 15 is 0 Å². The summed E-state index contributed by atoms with van der Waals surface area (Å²) >= 11 is 1.33. The first kappa shape index (κ1) is 12.3. The summed E-state index contributed by atoms with van der Waals surface area (Å²) in [6, 6.07) is 5.65. The second-order valence-electron chi connectivity index (χ2n) is 3.83. The number of nitriles is 1. The summed E-state index contributed by atoms with van der Waals surface area (Å²) in [4.78, 5) is 15.8. The van der Waals surface area contributed by atoms with Gasteiger partial charge in [0.2, 0.25) is 5.88 Å². The number of aromatic nitrogens is 2. The maximum absolute atomic E-state index is 13.7. The lowest BCUT2D eigenvalue weighted by Crippen LogP contribution is -1.94. The molecule has 0 aliphatic heterocycles. The molecule has 0 amide bonds. The molecule has 2 heterocycles. The molecule has 0 unspecified atom stereocenters. The van der Waals surface area contributed by atoms with Crippen LogP contribution in [0.15, 0.2) is 29.8 Å². The Balaban J connectivity index is 2.03. The zero-order valence-corrected chi connectivity index (χ0v) is 10.7. The van der Waals surface area contributed by atoms with Gasteiger partial charge in [0.25, 0.3) is 0 Å². The molecule has 0 bridgehead atoms. The van der Waals surface area contributed by atoms with E-state index < -0.39 is 5.82 Å². The van der Waals surface area contributed by atoms with Gasteiger partial charge in [-0.05, 0) is 18.2 Å². The van der Waals surface area contributed by atoms with Gasteiger partial charge in [0, 0.05) is 11.6 Å².